The molecule has 638 valence electrons. The highest BCUT2D eigenvalue weighted by Gasteiger charge is 2.54. The molecule has 22 rings (SSSR count). The topological polar surface area (TPSA) is 233 Å². The maximum absolute atomic E-state index is 16.1. The van der Waals surface area contributed by atoms with E-state index in [0.29, 0.717) is 68.5 Å². The van der Waals surface area contributed by atoms with E-state index < -0.39 is 58.8 Å². The van der Waals surface area contributed by atoms with Crippen LogP contribution < -0.4 is 71.1 Å². The van der Waals surface area contributed by atoms with Crippen LogP contribution in [0.1, 0.15) is 126 Å². The second kappa shape index (κ2) is 32.6. The predicted molar refractivity (Wildman–Crippen MR) is 476 cm³/mol. The summed E-state index contributed by atoms with van der Waals surface area (Å²) < 4.78 is 109. The second-order valence-electron chi connectivity index (χ2n) is 31.7. The zero-order valence-electron chi connectivity index (χ0n) is 69.3. The lowest BCUT2D eigenvalue weighted by atomic mass is 9.97. The molecule has 0 amide bonds. The van der Waals surface area contributed by atoms with E-state index in [1.165, 1.54) is 60.7 Å². The molecular weight excluding hydrogens is 1660 g/mol. The van der Waals surface area contributed by atoms with Crippen molar-refractivity contribution in [2.75, 3.05) is 0 Å². The summed E-state index contributed by atoms with van der Waals surface area (Å²) in [4.78, 5) is 77.7. The van der Waals surface area contributed by atoms with E-state index in [2.05, 4.69) is 0 Å². The van der Waals surface area contributed by atoms with Gasteiger partial charge in [-0.05, 0) is 79.1 Å². The van der Waals surface area contributed by atoms with Crippen LogP contribution in [-0.2, 0) is 40.3 Å². The average molecular weight is 1730 g/mol. The van der Waals surface area contributed by atoms with Crippen molar-refractivity contribution in [3.05, 3.63) is 483 Å². The predicted octanol–water partition coefficient (Wildman–Crippen LogP) is 21.8. The van der Waals surface area contributed by atoms with Crippen LogP contribution in [0.2, 0.25) is 0 Å². The minimum absolute atomic E-state index is 0.00185. The molecule has 0 unspecified atom stereocenters. The summed E-state index contributed by atoms with van der Waals surface area (Å²) in [6, 6.07) is 115. The third-order valence-electron chi connectivity index (χ3n) is 23.2. The van der Waals surface area contributed by atoms with Crippen LogP contribution in [0.4, 0.5) is 0 Å². The molecule has 0 saturated heterocycles. The Morgan fingerprint density at radius 3 is 0.611 bits per heavy atom. The third-order valence-corrected chi connectivity index (χ3v) is 23.2. The first kappa shape index (κ1) is 79.6. The van der Waals surface area contributed by atoms with Crippen molar-refractivity contribution < 1.29 is 99.8 Å². The normalized spacial score (nSPS) is 15.1. The average Bonchev–Trinajstić information content (AvgIpc) is 1.60. The number of rotatable bonds is 23. The molecule has 21 nitrogen and oxygen atoms in total. The highest BCUT2D eigenvalue weighted by molar-refractivity contribution is 5.99. The molecule has 131 heavy (non-hydrogen) atoms. The Hall–Kier alpha value is -17.3. The van der Waals surface area contributed by atoms with Gasteiger partial charge in [-0.15, -0.1) is 0 Å². The molecule has 1 aliphatic carbocycles. The Balaban J connectivity index is 0.658. The summed E-state index contributed by atoms with van der Waals surface area (Å²) in [5, 5.41) is 0. The van der Waals surface area contributed by atoms with Crippen LogP contribution in [0.25, 0.3) is 0 Å². The molecule has 16 aromatic carbocycles. The van der Waals surface area contributed by atoms with Crippen molar-refractivity contribution in [1.29, 1.82) is 0 Å². The summed E-state index contributed by atoms with van der Waals surface area (Å²) in [6.45, 7) is 0.0537. The Morgan fingerprint density at radius 2 is 0.405 bits per heavy atom. The molecule has 21 heteroatoms. The monoisotopic (exact) mass is 1730 g/mol. The van der Waals surface area contributed by atoms with Gasteiger partial charge in [-0.2, -0.15) is 0 Å². The molecule has 16 aromatic rings. The number of hydrogen-bond donors (Lipinski definition) is 0. The van der Waals surface area contributed by atoms with Gasteiger partial charge >= 0.3 is 58.8 Å². The summed E-state index contributed by atoms with van der Waals surface area (Å²) in [5.74, 6) is -14.9. The minimum atomic E-state index is -1.82. The molecule has 0 aromatic heterocycles. The second-order valence-corrected chi connectivity index (χ2v) is 31.7. The van der Waals surface area contributed by atoms with Crippen LogP contribution in [0.15, 0.2) is 394 Å². The smallest absolute Gasteiger partial charge is 0.343 e. The van der Waals surface area contributed by atoms with E-state index in [1.807, 2.05) is 261 Å². The van der Waals surface area contributed by atoms with Crippen LogP contribution in [0, 0.1) is 0 Å². The summed E-state index contributed by atoms with van der Waals surface area (Å²) in [6.07, 6.45) is 1.05. The molecule has 0 atom stereocenters. The van der Waals surface area contributed by atoms with E-state index in [1.54, 1.807) is 72.8 Å². The van der Waals surface area contributed by atoms with Crippen LogP contribution in [0.3, 0.4) is 0 Å². The van der Waals surface area contributed by atoms with E-state index >= 15 is 19.2 Å². The summed E-state index contributed by atoms with van der Waals surface area (Å²) in [7, 11) is 0. The molecule has 1 saturated carbocycles. The largest absolute Gasteiger partial charge is 0.485 e. The van der Waals surface area contributed by atoms with Crippen molar-refractivity contribution in [2.24, 2.45) is 0 Å². The van der Waals surface area contributed by atoms with Crippen molar-refractivity contribution in [1.82, 2.24) is 0 Å². The zero-order chi connectivity index (χ0) is 88.3. The van der Waals surface area contributed by atoms with E-state index in [9.17, 15) is 4.79 Å². The number of esters is 5. The van der Waals surface area contributed by atoms with Gasteiger partial charge in [0, 0.05) is 55.6 Å². The molecule has 1 fully saturated rings. The van der Waals surface area contributed by atoms with Gasteiger partial charge in [-0.3, -0.25) is 0 Å². The summed E-state index contributed by atoms with van der Waals surface area (Å²) in [5.41, 5.74) is 5.42. The quantitative estimate of drug-likeness (QED) is 0.0428. The van der Waals surface area contributed by atoms with Crippen molar-refractivity contribution >= 4 is 29.8 Å². The van der Waals surface area contributed by atoms with Gasteiger partial charge in [-0.25, -0.2) is 24.0 Å². The number of hydrogen-bond acceptors (Lipinski definition) is 21. The first-order chi connectivity index (χ1) is 64.3. The molecule has 0 radical (unpaired) electrons. The van der Waals surface area contributed by atoms with Gasteiger partial charge in [0.1, 0.15) is 12.7 Å². The molecule has 5 heterocycles. The Labute approximate surface area is 749 Å². The van der Waals surface area contributed by atoms with Crippen LogP contribution in [-0.4, -0.2) is 36.0 Å². The lowest BCUT2D eigenvalue weighted by Crippen LogP contribution is -2.36. The van der Waals surface area contributed by atoms with E-state index in [-0.39, 0.29) is 127 Å². The van der Waals surface area contributed by atoms with Crippen molar-refractivity contribution in [2.45, 2.75) is 54.5 Å². The maximum atomic E-state index is 16.1. The molecule has 5 aliphatic heterocycles. The first-order valence-corrected chi connectivity index (χ1v) is 42.4. The SMILES string of the molecule is O=C(Oc1cc(C(=O)Oc2cc(C(=O)Oc3cc(C(=O)Oc4cc(C(=O)OC5CC5)cc5c4OC(c4ccccc4)(c4ccccc4)O5)cc4c3OC(c3ccccc3)(c3ccccc3)O4)cc3c2OC(c2ccccc2)(c2ccccc2)O3)cc2c1OC(c1ccccc1)(c1ccccc1)O2)c1cc(OCc2ccccc2)c2c(c1)OC(c1ccccc1)(c1ccccc1)O2. The Bertz CT molecular complexity index is 6900. The zero-order valence-corrected chi connectivity index (χ0v) is 69.3. The minimum Gasteiger partial charge on any atom is -0.485 e. The van der Waals surface area contributed by atoms with Gasteiger partial charge in [0.15, 0.2) is 57.5 Å². The van der Waals surface area contributed by atoms with Crippen LogP contribution in [0.5, 0.6) is 86.2 Å². The first-order valence-electron chi connectivity index (χ1n) is 42.4. The number of carbonyl (C=O) groups excluding carboxylic acids is 5. The third kappa shape index (κ3) is 14.5. The van der Waals surface area contributed by atoms with Crippen molar-refractivity contribution in [3.8, 4) is 86.2 Å². The molecule has 0 N–H and O–H groups in total. The van der Waals surface area contributed by atoms with Gasteiger partial charge in [-0.1, -0.05) is 334 Å². The lowest BCUT2D eigenvalue weighted by Gasteiger charge is -2.28. The Morgan fingerprint density at radius 1 is 0.221 bits per heavy atom. The maximum Gasteiger partial charge on any atom is 0.343 e. The standard InChI is InChI=1S/C110H72O21/c111-101(117-85-56-57-85)71-59-87(97-92(64-71)123-107(128-97,77-40-18-4-19-41-77)78-42-20-5-21-43-78)119-103(113)73-61-89(99-94(66-73)125-109(130-99,81-48-26-8-27-49-81)82-50-28-9-29-51-82)121-105(115)74-62-90(100-95(67-74)126-110(131-100,83-52-30-10-31-53-83)84-54-32-11-33-55-84)120-104(114)72-60-88(98-93(65-72)124-108(129-98,79-44-22-6-23-45-79)80-46-24-7-25-47-80)118-102(112)70-58-86(116-68-69-34-12-1-13-35-69)96-91(63-70)122-106(127-96,75-36-14-2-15-37-75)76-38-16-3-17-39-76/h1-55,58-67,85H,56-57,68H2. The number of ether oxygens (including phenoxy) is 16. The molecule has 0 spiro atoms. The van der Waals surface area contributed by atoms with Crippen LogP contribution >= 0.6 is 0 Å². The number of benzene rings is 16. The van der Waals surface area contributed by atoms with E-state index in [0.717, 1.165) is 5.56 Å². The van der Waals surface area contributed by atoms with Crippen molar-refractivity contribution in [3.63, 3.8) is 0 Å². The fraction of sp³-hybridized carbons (Fsp3) is 0.0818. The fourth-order valence-corrected chi connectivity index (χ4v) is 16.7. The fourth-order valence-electron chi connectivity index (χ4n) is 16.7. The van der Waals surface area contributed by atoms with Gasteiger partial charge < -0.3 is 75.8 Å². The summed E-state index contributed by atoms with van der Waals surface area (Å²) >= 11 is 0. The highest BCUT2D eigenvalue weighted by atomic mass is 16.8. The molecule has 0 bridgehead atoms. The Kier molecular flexibility index (Phi) is 19.8. The molecular formula is C110H72O21. The van der Waals surface area contributed by atoms with Gasteiger partial charge in [0.25, 0.3) is 0 Å². The van der Waals surface area contributed by atoms with Gasteiger partial charge in [0.05, 0.1) is 27.8 Å². The van der Waals surface area contributed by atoms with E-state index in [4.69, 9.17) is 75.8 Å². The lowest BCUT2D eigenvalue weighted by molar-refractivity contribution is -0.0471. The number of carbonyl (C=O) groups is 5. The van der Waals surface area contributed by atoms with Gasteiger partial charge in [0.2, 0.25) is 28.7 Å². The highest BCUT2D eigenvalue weighted by Crippen LogP contribution is 2.60. The number of fused-ring (bicyclic) bond motifs is 5. The molecule has 6 aliphatic rings.